The number of hydrogen-bond donors (Lipinski definition) is 1. The lowest BCUT2D eigenvalue weighted by molar-refractivity contribution is -0.131. The second-order valence-corrected chi connectivity index (χ2v) is 6.39. The van der Waals surface area contributed by atoms with Gasteiger partial charge in [-0.2, -0.15) is 0 Å². The van der Waals surface area contributed by atoms with E-state index in [2.05, 4.69) is 5.32 Å². The standard InChI is InChI=1S/C19H26FN3O4/c1-3-27-19(26)22-11-8-17(9-12-22)23(14(2)24)13-10-21-18(25)15-4-6-16(20)7-5-15/h4-7,17H,3,8-13H2,1-2H3,(H,21,25). The highest BCUT2D eigenvalue weighted by Crippen LogP contribution is 2.17. The summed E-state index contributed by atoms with van der Waals surface area (Å²) >= 11 is 0. The quantitative estimate of drug-likeness (QED) is 0.820. The maximum atomic E-state index is 12.9. The highest BCUT2D eigenvalue weighted by molar-refractivity contribution is 5.94. The van der Waals surface area contributed by atoms with Crippen molar-refractivity contribution in [1.29, 1.82) is 0 Å². The van der Waals surface area contributed by atoms with Crippen LogP contribution in [0, 0.1) is 5.82 Å². The van der Waals surface area contributed by atoms with Gasteiger partial charge in [0.15, 0.2) is 0 Å². The highest BCUT2D eigenvalue weighted by atomic mass is 19.1. The van der Waals surface area contributed by atoms with Gasteiger partial charge in [0.25, 0.3) is 5.91 Å². The Morgan fingerprint density at radius 2 is 1.85 bits per heavy atom. The second kappa shape index (κ2) is 9.89. The number of likely N-dealkylation sites (tertiary alicyclic amines) is 1. The maximum Gasteiger partial charge on any atom is 0.409 e. The van der Waals surface area contributed by atoms with Crippen molar-refractivity contribution in [3.05, 3.63) is 35.6 Å². The van der Waals surface area contributed by atoms with Crippen LogP contribution in [-0.2, 0) is 9.53 Å². The Morgan fingerprint density at radius 3 is 2.41 bits per heavy atom. The van der Waals surface area contributed by atoms with Crippen molar-refractivity contribution in [1.82, 2.24) is 15.1 Å². The summed E-state index contributed by atoms with van der Waals surface area (Å²) in [4.78, 5) is 39.2. The molecule has 1 aromatic rings. The van der Waals surface area contributed by atoms with Crippen molar-refractivity contribution in [2.45, 2.75) is 32.7 Å². The lowest BCUT2D eigenvalue weighted by Crippen LogP contribution is -2.50. The van der Waals surface area contributed by atoms with E-state index in [1.165, 1.54) is 31.2 Å². The summed E-state index contributed by atoms with van der Waals surface area (Å²) in [5.41, 5.74) is 0.369. The lowest BCUT2D eigenvalue weighted by atomic mass is 10.0. The molecule has 1 aromatic carbocycles. The van der Waals surface area contributed by atoms with Crippen LogP contribution in [-0.4, -0.2) is 66.5 Å². The molecule has 0 aliphatic carbocycles. The molecule has 0 aromatic heterocycles. The molecule has 1 heterocycles. The number of nitrogens with one attached hydrogen (secondary N) is 1. The molecule has 1 saturated heterocycles. The average molecular weight is 379 g/mol. The molecule has 7 nitrogen and oxygen atoms in total. The molecule has 0 spiro atoms. The molecule has 0 radical (unpaired) electrons. The number of nitrogens with zero attached hydrogens (tertiary/aromatic N) is 2. The fourth-order valence-corrected chi connectivity index (χ4v) is 3.17. The summed E-state index contributed by atoms with van der Waals surface area (Å²) in [5.74, 6) is -0.778. The fraction of sp³-hybridized carbons (Fsp3) is 0.526. The van der Waals surface area contributed by atoms with E-state index in [1.807, 2.05) is 0 Å². The Balaban J connectivity index is 1.82. The topological polar surface area (TPSA) is 79.0 Å². The predicted molar refractivity (Wildman–Crippen MR) is 97.7 cm³/mol. The second-order valence-electron chi connectivity index (χ2n) is 6.39. The van der Waals surface area contributed by atoms with Gasteiger partial charge in [0.1, 0.15) is 5.82 Å². The molecule has 0 bridgehead atoms. The summed E-state index contributed by atoms with van der Waals surface area (Å²) in [5, 5.41) is 2.75. The van der Waals surface area contributed by atoms with Crippen molar-refractivity contribution < 1.29 is 23.5 Å². The molecule has 0 saturated carbocycles. The van der Waals surface area contributed by atoms with Gasteiger partial charge in [-0.1, -0.05) is 0 Å². The van der Waals surface area contributed by atoms with Crippen LogP contribution in [0.5, 0.6) is 0 Å². The van der Waals surface area contributed by atoms with Gasteiger partial charge < -0.3 is 19.9 Å². The minimum Gasteiger partial charge on any atom is -0.450 e. The zero-order chi connectivity index (χ0) is 19.8. The molecule has 2 rings (SSSR count). The van der Waals surface area contributed by atoms with Crippen molar-refractivity contribution in [2.24, 2.45) is 0 Å². The van der Waals surface area contributed by atoms with Crippen LogP contribution >= 0.6 is 0 Å². The first-order valence-corrected chi connectivity index (χ1v) is 9.15. The zero-order valence-corrected chi connectivity index (χ0v) is 15.7. The third kappa shape index (κ3) is 5.94. The van der Waals surface area contributed by atoms with Crippen LogP contribution in [0.25, 0.3) is 0 Å². The van der Waals surface area contributed by atoms with E-state index in [0.29, 0.717) is 51.2 Å². The molecule has 3 amide bonds. The molecule has 148 valence electrons. The van der Waals surface area contributed by atoms with Crippen LogP contribution in [0.3, 0.4) is 0 Å². The molecule has 0 unspecified atom stereocenters. The van der Waals surface area contributed by atoms with Crippen LogP contribution in [0.4, 0.5) is 9.18 Å². The maximum absolute atomic E-state index is 12.9. The summed E-state index contributed by atoms with van der Waals surface area (Å²) in [7, 11) is 0. The van der Waals surface area contributed by atoms with E-state index in [1.54, 1.807) is 16.7 Å². The molecule has 1 N–H and O–H groups in total. The van der Waals surface area contributed by atoms with Gasteiger partial charge >= 0.3 is 6.09 Å². The zero-order valence-electron chi connectivity index (χ0n) is 15.7. The fourth-order valence-electron chi connectivity index (χ4n) is 3.17. The Labute approximate surface area is 158 Å². The Morgan fingerprint density at radius 1 is 1.22 bits per heavy atom. The van der Waals surface area contributed by atoms with Gasteiger partial charge in [0, 0.05) is 44.7 Å². The molecule has 1 fully saturated rings. The summed E-state index contributed by atoms with van der Waals surface area (Å²) in [6, 6.07) is 5.31. The number of rotatable bonds is 6. The van der Waals surface area contributed by atoms with Gasteiger partial charge in [0.2, 0.25) is 5.91 Å². The van der Waals surface area contributed by atoms with Gasteiger partial charge in [-0.05, 0) is 44.0 Å². The average Bonchev–Trinajstić information content (AvgIpc) is 2.65. The van der Waals surface area contributed by atoms with E-state index in [4.69, 9.17) is 4.74 Å². The number of amides is 3. The van der Waals surface area contributed by atoms with Gasteiger partial charge in [-0.3, -0.25) is 9.59 Å². The van der Waals surface area contributed by atoms with E-state index < -0.39 is 5.82 Å². The monoisotopic (exact) mass is 379 g/mol. The normalized spacial score (nSPS) is 14.6. The highest BCUT2D eigenvalue weighted by Gasteiger charge is 2.28. The molecule has 1 aliphatic heterocycles. The van der Waals surface area contributed by atoms with Gasteiger partial charge in [0.05, 0.1) is 6.61 Å². The smallest absolute Gasteiger partial charge is 0.409 e. The lowest BCUT2D eigenvalue weighted by Gasteiger charge is -2.37. The molecule has 8 heteroatoms. The van der Waals surface area contributed by atoms with Crippen LogP contribution in [0.2, 0.25) is 0 Å². The number of carbonyl (C=O) groups excluding carboxylic acids is 3. The largest absolute Gasteiger partial charge is 0.450 e. The summed E-state index contributed by atoms with van der Waals surface area (Å²) in [6.45, 7) is 5.36. The number of carbonyl (C=O) groups is 3. The van der Waals surface area contributed by atoms with E-state index in [0.717, 1.165) is 0 Å². The first-order valence-electron chi connectivity index (χ1n) is 9.15. The minimum absolute atomic E-state index is 0.0240. The van der Waals surface area contributed by atoms with E-state index in [-0.39, 0.29) is 23.9 Å². The molecular formula is C19H26FN3O4. The third-order valence-corrected chi connectivity index (χ3v) is 4.58. The van der Waals surface area contributed by atoms with Gasteiger partial charge in [-0.25, -0.2) is 9.18 Å². The van der Waals surface area contributed by atoms with E-state index in [9.17, 15) is 18.8 Å². The van der Waals surface area contributed by atoms with Crippen LogP contribution in [0.1, 0.15) is 37.0 Å². The summed E-state index contributed by atoms with van der Waals surface area (Å²) in [6.07, 6.45) is 1.02. The van der Waals surface area contributed by atoms with Crippen LogP contribution < -0.4 is 5.32 Å². The molecule has 27 heavy (non-hydrogen) atoms. The Hall–Kier alpha value is -2.64. The van der Waals surface area contributed by atoms with Crippen molar-refractivity contribution in [2.75, 3.05) is 32.8 Å². The Bertz CT molecular complexity index is 657. The molecular weight excluding hydrogens is 353 g/mol. The number of benzene rings is 1. The summed E-state index contributed by atoms with van der Waals surface area (Å²) < 4.78 is 17.9. The molecule has 0 atom stereocenters. The SMILES string of the molecule is CCOC(=O)N1CCC(N(CCNC(=O)c2ccc(F)cc2)C(C)=O)CC1. The molecule has 1 aliphatic rings. The van der Waals surface area contributed by atoms with Crippen LogP contribution in [0.15, 0.2) is 24.3 Å². The van der Waals surface area contributed by atoms with Crippen molar-refractivity contribution in [3.63, 3.8) is 0 Å². The number of halogens is 1. The van der Waals surface area contributed by atoms with Crippen molar-refractivity contribution in [3.8, 4) is 0 Å². The first kappa shape index (κ1) is 20.7. The predicted octanol–water partition coefficient (Wildman–Crippen LogP) is 2.02. The first-order chi connectivity index (χ1) is 12.9. The number of ether oxygens (including phenoxy) is 1. The number of piperidine rings is 1. The third-order valence-electron chi connectivity index (χ3n) is 4.58. The minimum atomic E-state index is -0.400. The van der Waals surface area contributed by atoms with Crippen molar-refractivity contribution >= 4 is 17.9 Å². The van der Waals surface area contributed by atoms with E-state index >= 15 is 0 Å². The number of hydrogen-bond acceptors (Lipinski definition) is 4. The Kier molecular flexibility index (Phi) is 7.57. The van der Waals surface area contributed by atoms with Gasteiger partial charge in [-0.15, -0.1) is 0 Å².